The normalized spacial score (nSPS) is 13.8. The summed E-state index contributed by atoms with van der Waals surface area (Å²) >= 11 is 6.44. The molecule has 0 saturated heterocycles. The van der Waals surface area contributed by atoms with Crippen LogP contribution in [0.3, 0.4) is 0 Å². The number of anilines is 1. The Kier molecular flexibility index (Phi) is 5.13. The van der Waals surface area contributed by atoms with Crippen molar-refractivity contribution in [2.45, 2.75) is 13.8 Å². The first kappa shape index (κ1) is 18.3. The van der Waals surface area contributed by atoms with Crippen LogP contribution < -0.4 is 10.6 Å². The molecule has 2 aromatic carbocycles. The number of nitrogens with one attached hydrogen (secondary N) is 2. The highest BCUT2D eigenvalue weighted by Gasteiger charge is 2.13. The van der Waals surface area contributed by atoms with Crippen LogP contribution in [0, 0.1) is 0 Å². The number of aromatic nitrogens is 2. The quantitative estimate of drug-likeness (QED) is 0.605. The van der Waals surface area contributed by atoms with Gasteiger partial charge in [-0.1, -0.05) is 60.1 Å². The number of halogens is 1. The second-order valence-corrected chi connectivity index (χ2v) is 7.22. The van der Waals surface area contributed by atoms with Gasteiger partial charge in [0.2, 0.25) is 5.95 Å². The van der Waals surface area contributed by atoms with E-state index in [1.165, 1.54) is 5.57 Å². The molecule has 1 aliphatic rings. The molecule has 0 amide bonds. The number of dihydropyridines is 1. The van der Waals surface area contributed by atoms with E-state index in [9.17, 15) is 0 Å². The van der Waals surface area contributed by atoms with Crippen molar-refractivity contribution >= 4 is 17.5 Å². The van der Waals surface area contributed by atoms with Crippen LogP contribution in [0.1, 0.15) is 13.8 Å². The smallest absolute Gasteiger partial charge is 0.228 e. The zero-order chi connectivity index (χ0) is 19.5. The number of hydrogen-bond donors (Lipinski definition) is 2. The lowest BCUT2D eigenvalue weighted by Gasteiger charge is -2.19. The van der Waals surface area contributed by atoms with Gasteiger partial charge in [0.15, 0.2) is 0 Å². The van der Waals surface area contributed by atoms with Gasteiger partial charge in [-0.05, 0) is 37.6 Å². The van der Waals surface area contributed by atoms with Crippen molar-refractivity contribution in [3.63, 3.8) is 0 Å². The summed E-state index contributed by atoms with van der Waals surface area (Å²) in [5.74, 6) is 0.552. The predicted octanol–water partition coefficient (Wildman–Crippen LogP) is 5.66. The van der Waals surface area contributed by atoms with Crippen LogP contribution in [0.15, 0.2) is 83.7 Å². The Hall–Kier alpha value is -3.11. The fourth-order valence-electron chi connectivity index (χ4n) is 3.09. The summed E-state index contributed by atoms with van der Waals surface area (Å²) in [5, 5.41) is 7.40. The number of allylic oxidation sites excluding steroid dienone is 2. The van der Waals surface area contributed by atoms with Crippen molar-refractivity contribution in [1.29, 1.82) is 0 Å². The molecule has 1 aromatic heterocycles. The van der Waals surface area contributed by atoms with Gasteiger partial charge in [-0.15, -0.1) is 0 Å². The number of benzene rings is 2. The third kappa shape index (κ3) is 3.92. The summed E-state index contributed by atoms with van der Waals surface area (Å²) in [6, 6.07) is 19.8. The molecule has 0 atom stereocenters. The van der Waals surface area contributed by atoms with Crippen molar-refractivity contribution in [3.05, 3.63) is 88.7 Å². The summed E-state index contributed by atoms with van der Waals surface area (Å²) in [6.07, 6.45) is 2.08. The van der Waals surface area contributed by atoms with E-state index in [2.05, 4.69) is 23.6 Å². The van der Waals surface area contributed by atoms with Crippen LogP contribution in [0.2, 0.25) is 5.02 Å². The molecule has 0 aliphatic carbocycles. The van der Waals surface area contributed by atoms with Gasteiger partial charge in [0, 0.05) is 34.1 Å². The minimum absolute atomic E-state index is 0.552. The lowest BCUT2D eigenvalue weighted by atomic mass is 10.1. The second-order valence-electron chi connectivity index (χ2n) is 6.81. The summed E-state index contributed by atoms with van der Waals surface area (Å²) in [6.45, 7) is 4.94. The summed E-state index contributed by atoms with van der Waals surface area (Å²) in [7, 11) is 0. The molecule has 140 valence electrons. The van der Waals surface area contributed by atoms with E-state index < -0.39 is 0 Å². The van der Waals surface area contributed by atoms with Crippen LogP contribution in [0.4, 0.5) is 5.95 Å². The maximum absolute atomic E-state index is 6.44. The average Bonchev–Trinajstić information content (AvgIpc) is 2.71. The molecule has 28 heavy (non-hydrogen) atoms. The van der Waals surface area contributed by atoms with E-state index in [0.717, 1.165) is 40.5 Å². The molecule has 3 aromatic rings. The van der Waals surface area contributed by atoms with Gasteiger partial charge in [-0.3, -0.25) is 0 Å². The molecular weight excluding hydrogens is 368 g/mol. The topological polar surface area (TPSA) is 49.8 Å². The lowest BCUT2D eigenvalue weighted by Crippen LogP contribution is -2.21. The monoisotopic (exact) mass is 388 g/mol. The molecule has 4 rings (SSSR count). The van der Waals surface area contributed by atoms with Crippen molar-refractivity contribution in [3.8, 4) is 22.5 Å². The Bertz CT molecular complexity index is 1070. The Labute approximate surface area is 170 Å². The van der Waals surface area contributed by atoms with E-state index in [1.54, 1.807) is 0 Å². The number of rotatable bonds is 4. The van der Waals surface area contributed by atoms with Gasteiger partial charge in [-0.2, -0.15) is 0 Å². The van der Waals surface area contributed by atoms with Gasteiger partial charge in [0.05, 0.1) is 11.4 Å². The molecule has 0 unspecified atom stereocenters. The van der Waals surface area contributed by atoms with Crippen LogP contribution >= 0.6 is 11.6 Å². The van der Waals surface area contributed by atoms with Crippen molar-refractivity contribution < 1.29 is 0 Å². The first-order valence-corrected chi connectivity index (χ1v) is 9.56. The highest BCUT2D eigenvalue weighted by Crippen LogP contribution is 2.30. The molecule has 2 heterocycles. The minimum Gasteiger partial charge on any atom is -0.385 e. The fraction of sp³-hybridized carbons (Fsp3) is 0.130. The standard InChI is InChI=1S/C23H21ClN4/c1-15-14-25-16(2)12-20(15)26-23-27-21(17-8-4-3-5-9-17)13-22(28-23)18-10-6-7-11-19(18)24/h3-13,25H,14H2,1-2H3,(H,26,27,28). The number of nitrogens with zero attached hydrogens (tertiary/aromatic N) is 2. The summed E-state index contributed by atoms with van der Waals surface area (Å²) in [4.78, 5) is 9.52. The van der Waals surface area contributed by atoms with Gasteiger partial charge < -0.3 is 10.6 Å². The summed E-state index contributed by atoms with van der Waals surface area (Å²) < 4.78 is 0. The first-order valence-electron chi connectivity index (χ1n) is 9.18. The zero-order valence-corrected chi connectivity index (χ0v) is 16.6. The summed E-state index contributed by atoms with van der Waals surface area (Å²) in [5.41, 5.74) is 6.89. The van der Waals surface area contributed by atoms with E-state index in [-0.39, 0.29) is 0 Å². The SMILES string of the molecule is CC1=CC(Nc2nc(-c3ccccc3)cc(-c3ccccc3Cl)n2)=C(C)CN1. The molecular formula is C23H21ClN4. The first-order chi connectivity index (χ1) is 13.6. The molecule has 4 nitrogen and oxygen atoms in total. The average molecular weight is 389 g/mol. The largest absolute Gasteiger partial charge is 0.385 e. The lowest BCUT2D eigenvalue weighted by molar-refractivity contribution is 0.839. The van der Waals surface area contributed by atoms with Crippen molar-refractivity contribution in [1.82, 2.24) is 15.3 Å². The van der Waals surface area contributed by atoms with Crippen molar-refractivity contribution in [2.24, 2.45) is 0 Å². The van der Waals surface area contributed by atoms with Crippen LogP contribution in [0.5, 0.6) is 0 Å². The third-order valence-electron chi connectivity index (χ3n) is 4.65. The predicted molar refractivity (Wildman–Crippen MR) is 116 cm³/mol. The van der Waals surface area contributed by atoms with E-state index in [1.807, 2.05) is 67.6 Å². The Morgan fingerprint density at radius 3 is 2.43 bits per heavy atom. The van der Waals surface area contributed by atoms with Gasteiger partial charge >= 0.3 is 0 Å². The molecule has 5 heteroatoms. The van der Waals surface area contributed by atoms with Crippen LogP contribution in [0.25, 0.3) is 22.5 Å². The maximum atomic E-state index is 6.44. The molecule has 0 bridgehead atoms. The van der Waals surface area contributed by atoms with Crippen LogP contribution in [-0.2, 0) is 0 Å². The Balaban J connectivity index is 1.82. The van der Waals surface area contributed by atoms with Crippen molar-refractivity contribution in [2.75, 3.05) is 11.9 Å². The van der Waals surface area contributed by atoms with Crippen LogP contribution in [-0.4, -0.2) is 16.5 Å². The van der Waals surface area contributed by atoms with Gasteiger partial charge in [-0.25, -0.2) is 9.97 Å². The van der Waals surface area contributed by atoms with E-state index >= 15 is 0 Å². The molecule has 1 aliphatic heterocycles. The molecule has 0 spiro atoms. The number of hydrogen-bond acceptors (Lipinski definition) is 4. The minimum atomic E-state index is 0.552. The highest BCUT2D eigenvalue weighted by atomic mass is 35.5. The molecule has 0 radical (unpaired) electrons. The maximum Gasteiger partial charge on any atom is 0.228 e. The fourth-order valence-corrected chi connectivity index (χ4v) is 3.32. The third-order valence-corrected chi connectivity index (χ3v) is 4.97. The Morgan fingerprint density at radius 1 is 0.929 bits per heavy atom. The van der Waals surface area contributed by atoms with E-state index in [4.69, 9.17) is 21.6 Å². The highest BCUT2D eigenvalue weighted by molar-refractivity contribution is 6.33. The zero-order valence-electron chi connectivity index (χ0n) is 15.8. The second kappa shape index (κ2) is 7.87. The molecule has 2 N–H and O–H groups in total. The van der Waals surface area contributed by atoms with E-state index in [0.29, 0.717) is 11.0 Å². The van der Waals surface area contributed by atoms with Gasteiger partial charge in [0.25, 0.3) is 0 Å². The van der Waals surface area contributed by atoms with Gasteiger partial charge in [0.1, 0.15) is 0 Å². The molecule has 0 fully saturated rings. The Morgan fingerprint density at radius 2 is 1.64 bits per heavy atom. The molecule has 0 saturated carbocycles.